The van der Waals surface area contributed by atoms with Crippen molar-refractivity contribution in [2.24, 2.45) is 0 Å². The first-order chi connectivity index (χ1) is 9.08. The predicted molar refractivity (Wildman–Crippen MR) is 73.5 cm³/mol. The van der Waals surface area contributed by atoms with Crippen molar-refractivity contribution in [1.82, 2.24) is 24.7 Å². The van der Waals surface area contributed by atoms with Crippen LogP contribution in [-0.2, 0) is 0 Å². The Labute approximate surface area is 113 Å². The molecule has 0 radical (unpaired) electrons. The largest absolute Gasteiger partial charge is 0.287 e. The van der Waals surface area contributed by atoms with Gasteiger partial charge in [0, 0.05) is 0 Å². The van der Waals surface area contributed by atoms with E-state index in [-0.39, 0.29) is 11.6 Å². The van der Waals surface area contributed by atoms with Gasteiger partial charge in [-0.1, -0.05) is 0 Å². The van der Waals surface area contributed by atoms with Gasteiger partial charge < -0.3 is 0 Å². The van der Waals surface area contributed by atoms with Gasteiger partial charge in [-0.05, 0) is 31.7 Å². The van der Waals surface area contributed by atoms with Gasteiger partial charge in [0.15, 0.2) is 5.82 Å². The van der Waals surface area contributed by atoms with E-state index in [1.54, 1.807) is 10.9 Å². The van der Waals surface area contributed by atoms with Crippen LogP contribution in [0.4, 0.5) is 0 Å². The van der Waals surface area contributed by atoms with Gasteiger partial charge in [0.05, 0.1) is 17.9 Å². The molecule has 98 valence electrons. The maximum absolute atomic E-state index is 12.4. The number of fused-ring (bicyclic) bond motifs is 1. The molecule has 0 aliphatic rings. The normalized spacial score (nSPS) is 13.0. The van der Waals surface area contributed by atoms with E-state index in [2.05, 4.69) is 20.2 Å². The van der Waals surface area contributed by atoms with Crippen molar-refractivity contribution < 1.29 is 0 Å². The first-order valence-electron chi connectivity index (χ1n) is 5.91. The summed E-state index contributed by atoms with van der Waals surface area (Å²) in [5.41, 5.74) is 1.77. The second-order valence-electron chi connectivity index (χ2n) is 4.51. The minimum atomic E-state index is -0.239. The molecule has 3 heterocycles. The van der Waals surface area contributed by atoms with Crippen LogP contribution in [0.3, 0.4) is 0 Å². The molecule has 19 heavy (non-hydrogen) atoms. The van der Waals surface area contributed by atoms with Crippen molar-refractivity contribution in [1.29, 1.82) is 0 Å². The van der Waals surface area contributed by atoms with E-state index in [0.29, 0.717) is 10.5 Å². The number of hydrogen-bond donors (Lipinski definition) is 1. The number of aromatic nitrogens is 5. The number of thiophene rings is 1. The quantitative estimate of drug-likeness (QED) is 0.773. The number of aryl methyl sites for hydroxylation is 2. The highest BCUT2D eigenvalue weighted by atomic mass is 32.1. The van der Waals surface area contributed by atoms with Crippen LogP contribution in [0.1, 0.15) is 30.2 Å². The van der Waals surface area contributed by atoms with E-state index >= 15 is 0 Å². The highest BCUT2D eigenvalue weighted by Gasteiger charge is 2.17. The zero-order valence-corrected chi connectivity index (χ0v) is 11.7. The van der Waals surface area contributed by atoms with Gasteiger partial charge >= 0.3 is 0 Å². The Balaban J connectivity index is 2.15. The number of nitrogens with one attached hydrogen (secondary N) is 1. The predicted octanol–water partition coefficient (Wildman–Crippen LogP) is 1.80. The lowest BCUT2D eigenvalue weighted by Gasteiger charge is -2.10. The minimum Gasteiger partial charge on any atom is -0.287 e. The second-order valence-corrected chi connectivity index (χ2v) is 5.39. The summed E-state index contributed by atoms with van der Waals surface area (Å²) in [7, 11) is 0. The van der Waals surface area contributed by atoms with Crippen LogP contribution < -0.4 is 5.56 Å². The third kappa shape index (κ3) is 1.86. The number of nitrogens with zero attached hydrogens (tertiary/aromatic N) is 4. The van der Waals surface area contributed by atoms with Crippen molar-refractivity contribution in [2.75, 3.05) is 0 Å². The minimum absolute atomic E-state index is 0.0435. The van der Waals surface area contributed by atoms with Crippen LogP contribution in [0.15, 0.2) is 16.5 Å². The van der Waals surface area contributed by atoms with E-state index in [0.717, 1.165) is 16.9 Å². The van der Waals surface area contributed by atoms with Gasteiger partial charge in [0.1, 0.15) is 10.5 Å². The summed E-state index contributed by atoms with van der Waals surface area (Å²) in [6, 6.07) is -0.239. The summed E-state index contributed by atoms with van der Waals surface area (Å²) in [6.07, 6.45) is 1.57. The van der Waals surface area contributed by atoms with E-state index in [1.165, 1.54) is 11.3 Å². The van der Waals surface area contributed by atoms with Crippen molar-refractivity contribution in [3.05, 3.63) is 39.3 Å². The summed E-state index contributed by atoms with van der Waals surface area (Å²) >= 11 is 1.43. The number of H-pyrrole nitrogens is 1. The summed E-state index contributed by atoms with van der Waals surface area (Å²) < 4.78 is 2.25. The van der Waals surface area contributed by atoms with Crippen molar-refractivity contribution in [3.63, 3.8) is 0 Å². The maximum Gasteiger partial charge on any atom is 0.271 e. The van der Waals surface area contributed by atoms with Gasteiger partial charge in [0.25, 0.3) is 5.56 Å². The fourth-order valence-electron chi connectivity index (χ4n) is 1.99. The van der Waals surface area contributed by atoms with Gasteiger partial charge in [-0.25, -0.2) is 9.97 Å². The summed E-state index contributed by atoms with van der Waals surface area (Å²) in [6.45, 7) is 5.67. The smallest absolute Gasteiger partial charge is 0.271 e. The highest BCUT2D eigenvalue weighted by molar-refractivity contribution is 7.17. The third-order valence-corrected chi connectivity index (χ3v) is 4.16. The average Bonchev–Trinajstić information content (AvgIpc) is 2.97. The van der Waals surface area contributed by atoms with Crippen LogP contribution in [0.2, 0.25) is 0 Å². The topological polar surface area (TPSA) is 76.5 Å². The van der Waals surface area contributed by atoms with Gasteiger partial charge in [-0.15, -0.1) is 11.3 Å². The highest BCUT2D eigenvalue weighted by Crippen LogP contribution is 2.21. The molecule has 6 nitrogen and oxygen atoms in total. The van der Waals surface area contributed by atoms with E-state index in [4.69, 9.17) is 0 Å². The Morgan fingerprint density at radius 1 is 1.42 bits per heavy atom. The Kier molecular flexibility index (Phi) is 2.70. The lowest BCUT2D eigenvalue weighted by Crippen LogP contribution is -2.24. The molecule has 3 rings (SSSR count). The number of rotatable bonds is 2. The Hall–Kier alpha value is -2.02. The summed E-state index contributed by atoms with van der Waals surface area (Å²) in [5.74, 6) is 1.32. The first kappa shape index (κ1) is 12.0. The Morgan fingerprint density at radius 2 is 2.21 bits per heavy atom. The molecule has 3 aromatic rings. The molecule has 0 saturated heterocycles. The molecule has 3 aromatic heterocycles. The SMILES string of the molecule is Cc1nc(C(C)n2cnc3c(C)csc3c2=O)n[nH]1. The molecule has 7 heteroatoms. The lowest BCUT2D eigenvalue weighted by molar-refractivity contribution is 0.577. The van der Waals surface area contributed by atoms with Crippen molar-refractivity contribution in [2.45, 2.75) is 26.8 Å². The second kappa shape index (κ2) is 4.27. The molecule has 0 saturated carbocycles. The van der Waals surface area contributed by atoms with E-state index < -0.39 is 0 Å². The number of hydrogen-bond acceptors (Lipinski definition) is 5. The van der Waals surface area contributed by atoms with Gasteiger partial charge in [-0.2, -0.15) is 5.10 Å². The Morgan fingerprint density at radius 3 is 2.89 bits per heavy atom. The first-order valence-corrected chi connectivity index (χ1v) is 6.79. The van der Waals surface area contributed by atoms with Crippen LogP contribution >= 0.6 is 11.3 Å². The molecule has 0 aliphatic heterocycles. The molecule has 0 bridgehead atoms. The van der Waals surface area contributed by atoms with E-state index in [1.807, 2.05) is 26.2 Å². The molecule has 0 fully saturated rings. The van der Waals surface area contributed by atoms with Gasteiger partial charge in [0.2, 0.25) is 0 Å². The lowest BCUT2D eigenvalue weighted by atomic mass is 10.3. The molecule has 0 amide bonds. The fourth-order valence-corrected chi connectivity index (χ4v) is 2.92. The Bertz CT molecular complexity index is 800. The zero-order chi connectivity index (χ0) is 13.6. The molecular weight excluding hydrogens is 262 g/mol. The number of aromatic amines is 1. The molecule has 1 unspecified atom stereocenters. The van der Waals surface area contributed by atoms with Crippen LogP contribution in [-0.4, -0.2) is 24.7 Å². The van der Waals surface area contributed by atoms with Crippen molar-refractivity contribution >= 4 is 21.6 Å². The molecular formula is C12H13N5OS. The molecule has 0 aliphatic carbocycles. The molecule has 1 N–H and O–H groups in total. The summed E-state index contributed by atoms with van der Waals surface area (Å²) in [4.78, 5) is 21.1. The van der Waals surface area contributed by atoms with Crippen molar-refractivity contribution in [3.8, 4) is 0 Å². The average molecular weight is 275 g/mol. The van der Waals surface area contributed by atoms with Crippen LogP contribution in [0.25, 0.3) is 10.2 Å². The van der Waals surface area contributed by atoms with Crippen LogP contribution in [0.5, 0.6) is 0 Å². The van der Waals surface area contributed by atoms with Gasteiger partial charge in [-0.3, -0.25) is 14.5 Å². The third-order valence-electron chi connectivity index (χ3n) is 3.09. The zero-order valence-electron chi connectivity index (χ0n) is 10.8. The molecule has 1 atom stereocenters. The summed E-state index contributed by atoms with van der Waals surface area (Å²) in [5, 5.41) is 8.83. The standard InChI is InChI=1S/C12H13N5OS/c1-6-4-19-10-9(6)13-5-17(12(10)18)7(2)11-14-8(3)15-16-11/h4-5,7H,1-3H3,(H,14,15,16). The van der Waals surface area contributed by atoms with Crippen LogP contribution in [0, 0.1) is 13.8 Å². The molecule has 0 spiro atoms. The molecule has 0 aromatic carbocycles. The van der Waals surface area contributed by atoms with E-state index in [9.17, 15) is 4.79 Å². The monoisotopic (exact) mass is 275 g/mol. The maximum atomic E-state index is 12.4. The fraction of sp³-hybridized carbons (Fsp3) is 0.333.